The molecule has 0 saturated heterocycles. The predicted octanol–water partition coefficient (Wildman–Crippen LogP) is 2.17. The van der Waals surface area contributed by atoms with Gasteiger partial charge in [-0.25, -0.2) is 9.97 Å². The zero-order chi connectivity index (χ0) is 21.8. The molecule has 0 spiro atoms. The molecule has 4 rings (SSSR count). The summed E-state index contributed by atoms with van der Waals surface area (Å²) in [5.74, 6) is 1.03. The number of benzene rings is 1. The number of nitrogens with two attached hydrogens (primary N) is 1. The first kappa shape index (κ1) is 20.8. The molecule has 1 aliphatic rings. The van der Waals surface area contributed by atoms with E-state index in [2.05, 4.69) is 36.5 Å². The summed E-state index contributed by atoms with van der Waals surface area (Å²) < 4.78 is 5.85. The summed E-state index contributed by atoms with van der Waals surface area (Å²) in [5, 5.41) is 11.4. The maximum atomic E-state index is 11.3. The Morgan fingerprint density at radius 2 is 2.00 bits per heavy atom. The summed E-state index contributed by atoms with van der Waals surface area (Å²) in [5.41, 5.74) is 10.2. The summed E-state index contributed by atoms with van der Waals surface area (Å²) in [6.45, 7) is 4.35. The van der Waals surface area contributed by atoms with E-state index in [9.17, 15) is 4.79 Å². The molecule has 31 heavy (non-hydrogen) atoms. The fourth-order valence-electron chi connectivity index (χ4n) is 3.52. The molecular weight excluding hydrogens is 394 g/mol. The maximum Gasteiger partial charge on any atom is 0.270 e. The van der Waals surface area contributed by atoms with Gasteiger partial charge in [-0.05, 0) is 43.7 Å². The number of anilines is 1. The second-order valence-electron chi connectivity index (χ2n) is 7.55. The minimum atomic E-state index is 0.162. The van der Waals surface area contributed by atoms with Crippen LogP contribution in [0.1, 0.15) is 24.6 Å². The number of Topliss-reactive ketones (excluding diaryl/α,β-unsaturated/α-hetero) is 1. The van der Waals surface area contributed by atoms with Gasteiger partial charge >= 0.3 is 0 Å². The third-order valence-corrected chi connectivity index (χ3v) is 5.08. The number of rotatable bonds is 7. The molecule has 1 aliphatic heterocycles. The lowest BCUT2D eigenvalue weighted by atomic mass is 10.0. The van der Waals surface area contributed by atoms with Crippen molar-refractivity contribution in [1.29, 1.82) is 0 Å². The van der Waals surface area contributed by atoms with E-state index in [-0.39, 0.29) is 17.5 Å². The Bertz CT molecular complexity index is 1110. The van der Waals surface area contributed by atoms with E-state index in [1.54, 1.807) is 13.1 Å². The van der Waals surface area contributed by atoms with E-state index < -0.39 is 0 Å². The minimum Gasteiger partial charge on any atom is -0.414 e. The van der Waals surface area contributed by atoms with E-state index in [0.717, 1.165) is 41.9 Å². The lowest BCUT2D eigenvalue weighted by molar-refractivity contribution is -0.118. The number of hydrogen-bond acceptors (Lipinski definition) is 9. The molecule has 9 heteroatoms. The van der Waals surface area contributed by atoms with E-state index in [1.807, 2.05) is 31.3 Å². The van der Waals surface area contributed by atoms with E-state index in [1.165, 1.54) is 0 Å². The summed E-state index contributed by atoms with van der Waals surface area (Å²) in [6, 6.07) is 7.90. The van der Waals surface area contributed by atoms with Crippen LogP contribution in [0.15, 0.2) is 41.0 Å². The van der Waals surface area contributed by atoms with Crippen molar-refractivity contribution in [3.63, 3.8) is 0 Å². The molecule has 1 aromatic carbocycles. The van der Waals surface area contributed by atoms with Gasteiger partial charge in [-0.1, -0.05) is 18.2 Å². The molecule has 0 atom stereocenters. The zero-order valence-electron chi connectivity index (χ0n) is 17.6. The van der Waals surface area contributed by atoms with Crippen LogP contribution in [0, 0.1) is 0 Å². The molecule has 0 unspecified atom stereocenters. The fourth-order valence-corrected chi connectivity index (χ4v) is 3.52. The predicted molar refractivity (Wildman–Crippen MR) is 118 cm³/mol. The summed E-state index contributed by atoms with van der Waals surface area (Å²) in [6.07, 6.45) is 4.50. The number of carbonyl (C=O) groups is 1. The number of nitrogens with one attached hydrogen (secondary N) is 1. The Morgan fingerprint density at radius 3 is 2.68 bits per heavy atom. The normalized spacial score (nSPS) is 14.5. The van der Waals surface area contributed by atoms with Crippen molar-refractivity contribution in [3.8, 4) is 23.0 Å². The maximum absolute atomic E-state index is 11.3. The van der Waals surface area contributed by atoms with Crippen molar-refractivity contribution in [1.82, 2.24) is 30.4 Å². The van der Waals surface area contributed by atoms with Crippen LogP contribution in [0.5, 0.6) is 0 Å². The number of aromatic nitrogens is 4. The molecule has 0 bridgehead atoms. The van der Waals surface area contributed by atoms with Crippen LogP contribution in [0.2, 0.25) is 0 Å². The molecule has 3 heterocycles. The highest BCUT2D eigenvalue weighted by Crippen LogP contribution is 2.28. The molecule has 0 fully saturated rings. The van der Waals surface area contributed by atoms with Crippen LogP contribution < -0.4 is 11.1 Å². The van der Waals surface area contributed by atoms with E-state index in [0.29, 0.717) is 24.7 Å². The van der Waals surface area contributed by atoms with Crippen molar-refractivity contribution in [2.24, 2.45) is 0 Å². The van der Waals surface area contributed by atoms with Crippen molar-refractivity contribution in [3.05, 3.63) is 47.8 Å². The first-order valence-electron chi connectivity index (χ1n) is 10.1. The lowest BCUT2D eigenvalue weighted by Crippen LogP contribution is -2.32. The standard InChI is InChI=1S/C22H25N7O2/c1-14(30)13-29-9-7-16(8-10-29)18-12-25-20(23)19(26-18)22-28-27-21(31-22)17-5-3-15(4-6-17)11-24-2/h3-7,12,24H,8-11,13H2,1-2H3,(H2,23,25). The Balaban J connectivity index is 1.56. The molecule has 2 aromatic heterocycles. The molecule has 0 amide bonds. The Kier molecular flexibility index (Phi) is 6.15. The number of ketones is 1. The van der Waals surface area contributed by atoms with Crippen molar-refractivity contribution in [2.75, 3.05) is 32.4 Å². The summed E-state index contributed by atoms with van der Waals surface area (Å²) >= 11 is 0. The number of nitrogens with zero attached hydrogens (tertiary/aromatic N) is 5. The van der Waals surface area contributed by atoms with Crippen LogP contribution in [0.3, 0.4) is 0 Å². The van der Waals surface area contributed by atoms with Gasteiger partial charge in [0, 0.05) is 25.2 Å². The van der Waals surface area contributed by atoms with Gasteiger partial charge in [-0.15, -0.1) is 10.2 Å². The second kappa shape index (κ2) is 9.15. The molecule has 0 aliphatic carbocycles. The molecule has 3 N–H and O–H groups in total. The lowest BCUT2D eigenvalue weighted by Gasteiger charge is -2.24. The van der Waals surface area contributed by atoms with Crippen molar-refractivity contribution in [2.45, 2.75) is 19.9 Å². The summed E-state index contributed by atoms with van der Waals surface area (Å²) in [7, 11) is 1.91. The quantitative estimate of drug-likeness (QED) is 0.593. The topological polar surface area (TPSA) is 123 Å². The Labute approximate surface area is 180 Å². The minimum absolute atomic E-state index is 0.162. The first-order chi connectivity index (χ1) is 15.0. The Morgan fingerprint density at radius 1 is 1.23 bits per heavy atom. The second-order valence-corrected chi connectivity index (χ2v) is 7.55. The van der Waals surface area contributed by atoms with Crippen LogP contribution in [-0.4, -0.2) is 57.5 Å². The van der Waals surface area contributed by atoms with Crippen LogP contribution in [-0.2, 0) is 11.3 Å². The molecular formula is C22H25N7O2. The molecule has 3 aromatic rings. The van der Waals surface area contributed by atoms with Crippen molar-refractivity contribution >= 4 is 17.2 Å². The Hall–Kier alpha value is -3.43. The molecule has 0 saturated carbocycles. The fraction of sp³-hybridized carbons (Fsp3) is 0.318. The SMILES string of the molecule is CNCc1ccc(-c2nnc(-c3nc(C4=CCN(CC(C)=O)CC4)cnc3N)o2)cc1. The third kappa shape index (κ3) is 4.84. The van der Waals surface area contributed by atoms with Gasteiger partial charge in [0.1, 0.15) is 5.78 Å². The van der Waals surface area contributed by atoms with Gasteiger partial charge < -0.3 is 15.5 Å². The first-order valence-corrected chi connectivity index (χ1v) is 10.1. The van der Waals surface area contributed by atoms with Crippen LogP contribution in [0.25, 0.3) is 28.6 Å². The van der Waals surface area contributed by atoms with Crippen LogP contribution in [0.4, 0.5) is 5.82 Å². The average Bonchev–Trinajstić information content (AvgIpc) is 3.25. The molecule has 9 nitrogen and oxygen atoms in total. The number of carbonyl (C=O) groups excluding carboxylic acids is 1. The number of hydrogen-bond donors (Lipinski definition) is 2. The van der Waals surface area contributed by atoms with E-state index in [4.69, 9.17) is 10.2 Å². The highest BCUT2D eigenvalue weighted by atomic mass is 16.4. The highest BCUT2D eigenvalue weighted by molar-refractivity contribution is 5.78. The molecule has 160 valence electrons. The average molecular weight is 419 g/mol. The third-order valence-electron chi connectivity index (χ3n) is 5.08. The van der Waals surface area contributed by atoms with E-state index >= 15 is 0 Å². The van der Waals surface area contributed by atoms with Gasteiger partial charge in [-0.3, -0.25) is 9.69 Å². The monoisotopic (exact) mass is 419 g/mol. The smallest absolute Gasteiger partial charge is 0.270 e. The molecule has 0 radical (unpaired) electrons. The largest absolute Gasteiger partial charge is 0.414 e. The number of nitrogen functional groups attached to an aromatic ring is 1. The van der Waals surface area contributed by atoms with Gasteiger partial charge in [-0.2, -0.15) is 0 Å². The summed E-state index contributed by atoms with van der Waals surface area (Å²) in [4.78, 5) is 22.4. The van der Waals surface area contributed by atoms with Crippen LogP contribution >= 0.6 is 0 Å². The van der Waals surface area contributed by atoms with Gasteiger partial charge in [0.25, 0.3) is 5.89 Å². The van der Waals surface area contributed by atoms with Gasteiger partial charge in [0.05, 0.1) is 18.4 Å². The van der Waals surface area contributed by atoms with Crippen molar-refractivity contribution < 1.29 is 9.21 Å². The van der Waals surface area contributed by atoms with Gasteiger partial charge in [0.2, 0.25) is 5.89 Å². The zero-order valence-corrected chi connectivity index (χ0v) is 17.6. The highest BCUT2D eigenvalue weighted by Gasteiger charge is 2.19. The van der Waals surface area contributed by atoms with Gasteiger partial charge in [0.15, 0.2) is 11.5 Å².